The van der Waals surface area contributed by atoms with E-state index in [0.717, 1.165) is 10.6 Å². The Morgan fingerprint density at radius 3 is 2.78 bits per heavy atom. The normalized spacial score (nSPS) is 27.6. The Bertz CT molecular complexity index is 1510. The highest BCUT2D eigenvalue weighted by molar-refractivity contribution is 7.18. The van der Waals surface area contributed by atoms with Crippen LogP contribution in [0.5, 0.6) is 0 Å². The van der Waals surface area contributed by atoms with Crippen molar-refractivity contribution in [3.63, 3.8) is 0 Å². The third-order valence-corrected chi connectivity index (χ3v) is 7.33. The minimum absolute atomic E-state index is 0.138. The summed E-state index contributed by atoms with van der Waals surface area (Å²) in [6, 6.07) is 11.4. The summed E-state index contributed by atoms with van der Waals surface area (Å²) in [5, 5.41) is 20.4. The molecule has 4 aromatic rings. The fraction of sp³-hybridized carbons (Fsp3) is 0.375. The van der Waals surface area contributed by atoms with Crippen LogP contribution in [0.2, 0.25) is 0 Å². The van der Waals surface area contributed by atoms with Crippen molar-refractivity contribution in [2.24, 2.45) is 5.11 Å². The molecule has 37 heavy (non-hydrogen) atoms. The minimum Gasteiger partial charge on any atom is -0.389 e. The van der Waals surface area contributed by atoms with Crippen molar-refractivity contribution in [3.05, 3.63) is 80.9 Å². The van der Waals surface area contributed by atoms with Gasteiger partial charge in [0.2, 0.25) is 0 Å². The largest absolute Gasteiger partial charge is 0.389 e. The molecule has 0 saturated carbocycles. The van der Waals surface area contributed by atoms with Crippen molar-refractivity contribution < 1.29 is 23.7 Å². The van der Waals surface area contributed by atoms with E-state index in [1.807, 2.05) is 37.3 Å². The van der Waals surface area contributed by atoms with Crippen molar-refractivity contribution in [1.82, 2.24) is 19.7 Å². The van der Waals surface area contributed by atoms with Crippen LogP contribution >= 0.6 is 11.3 Å². The molecule has 13 heteroatoms. The summed E-state index contributed by atoms with van der Waals surface area (Å²) >= 11 is 1.36. The van der Waals surface area contributed by atoms with E-state index in [1.165, 1.54) is 22.1 Å². The number of thiazole rings is 1. The van der Waals surface area contributed by atoms with Crippen molar-refractivity contribution in [2.45, 2.75) is 50.6 Å². The molecule has 0 spiro atoms. The van der Waals surface area contributed by atoms with Crippen LogP contribution < -0.4 is 0 Å². The second-order valence-corrected chi connectivity index (χ2v) is 10.1. The van der Waals surface area contributed by atoms with Crippen molar-refractivity contribution in [2.75, 3.05) is 6.61 Å². The van der Waals surface area contributed by atoms with E-state index >= 15 is 0 Å². The Morgan fingerprint density at radius 1 is 1.19 bits per heavy atom. The first-order chi connectivity index (χ1) is 17.9. The molecule has 0 bridgehead atoms. The summed E-state index contributed by atoms with van der Waals surface area (Å²) in [6.07, 6.45) is -4.46. The van der Waals surface area contributed by atoms with Gasteiger partial charge < -0.3 is 19.3 Å². The number of ether oxygens (including phenoxy) is 3. The average Bonchev–Trinajstić information content (AvgIpc) is 3.48. The molecule has 4 heterocycles. The SMILES string of the molecule is Cc1nc([C@@H]2OC3COC(c4ccccc4)O[C@@H]3C(N=[N+]=[N-])C2O)n(-c2cc(F)c3nc(C)sc3c2)n1. The van der Waals surface area contributed by atoms with E-state index in [0.29, 0.717) is 16.2 Å². The van der Waals surface area contributed by atoms with Crippen molar-refractivity contribution in [1.29, 1.82) is 0 Å². The van der Waals surface area contributed by atoms with Gasteiger partial charge in [-0.05, 0) is 25.4 Å². The monoisotopic (exact) mass is 523 g/mol. The molecular formula is C24H22FN7O4S. The molecule has 2 fully saturated rings. The lowest BCUT2D eigenvalue weighted by atomic mass is 9.91. The van der Waals surface area contributed by atoms with E-state index in [4.69, 9.17) is 14.2 Å². The van der Waals surface area contributed by atoms with Gasteiger partial charge in [0.15, 0.2) is 17.9 Å². The van der Waals surface area contributed by atoms with Gasteiger partial charge in [0.1, 0.15) is 29.7 Å². The summed E-state index contributed by atoms with van der Waals surface area (Å²) in [7, 11) is 0. The molecule has 0 amide bonds. The molecule has 190 valence electrons. The topological polar surface area (TPSA) is 140 Å². The number of aliphatic hydroxyl groups excluding tert-OH is 1. The molecule has 0 radical (unpaired) electrons. The Morgan fingerprint density at radius 2 is 2.00 bits per heavy atom. The van der Waals surface area contributed by atoms with Crippen LogP contribution in [0.4, 0.5) is 4.39 Å². The molecule has 2 aromatic heterocycles. The number of aromatic nitrogens is 4. The number of hydrogen-bond donors (Lipinski definition) is 1. The standard InChI is InChI=1S/C24H22FN7O4S/c1-11-27-23(32(30-11)14-8-15(25)18-17(9-14)37-12(2)28-18)22-20(33)19(29-31-26)21-16(35-22)10-34-24(36-21)13-6-4-3-5-7-13/h3-9,16,19-22,24,33H,10H2,1-2H3/t16?,19?,20?,21-,22+,24?/m0/s1. The van der Waals surface area contributed by atoms with Gasteiger partial charge in [-0.25, -0.2) is 19.0 Å². The minimum atomic E-state index is -1.31. The van der Waals surface area contributed by atoms with Crippen LogP contribution in [0.15, 0.2) is 47.6 Å². The molecule has 0 aliphatic carbocycles. The number of aryl methyl sites for hydroxylation is 2. The van der Waals surface area contributed by atoms with Crippen LogP contribution in [0.25, 0.3) is 26.3 Å². The predicted molar refractivity (Wildman–Crippen MR) is 131 cm³/mol. The van der Waals surface area contributed by atoms with E-state index < -0.39 is 42.6 Å². The highest BCUT2D eigenvalue weighted by Crippen LogP contribution is 2.40. The zero-order valence-corrected chi connectivity index (χ0v) is 20.6. The molecule has 6 rings (SSSR count). The Kier molecular flexibility index (Phi) is 6.11. The fourth-order valence-corrected chi connectivity index (χ4v) is 5.69. The zero-order chi connectivity index (χ0) is 25.7. The summed E-state index contributed by atoms with van der Waals surface area (Å²) in [6.45, 7) is 3.63. The van der Waals surface area contributed by atoms with Gasteiger partial charge >= 0.3 is 0 Å². The van der Waals surface area contributed by atoms with Crippen LogP contribution in [-0.2, 0) is 14.2 Å². The highest BCUT2D eigenvalue weighted by atomic mass is 32.1. The maximum absolute atomic E-state index is 14.9. The fourth-order valence-electron chi connectivity index (χ4n) is 4.81. The average molecular weight is 524 g/mol. The molecule has 2 saturated heterocycles. The van der Waals surface area contributed by atoms with E-state index in [2.05, 4.69) is 25.1 Å². The molecule has 11 nitrogen and oxygen atoms in total. The number of aliphatic hydroxyl groups is 1. The van der Waals surface area contributed by atoms with Crippen LogP contribution in [-0.4, -0.2) is 55.8 Å². The number of benzene rings is 2. The van der Waals surface area contributed by atoms with Crippen LogP contribution in [0.3, 0.4) is 0 Å². The lowest BCUT2D eigenvalue weighted by Gasteiger charge is -2.46. The predicted octanol–water partition coefficient (Wildman–Crippen LogP) is 4.23. The Labute approximate surface area is 214 Å². The van der Waals surface area contributed by atoms with Crippen molar-refractivity contribution >= 4 is 21.6 Å². The first kappa shape index (κ1) is 23.9. The molecule has 4 unspecified atom stereocenters. The summed E-state index contributed by atoms with van der Waals surface area (Å²) in [5.74, 6) is 0.149. The van der Waals surface area contributed by atoms with Crippen LogP contribution in [0.1, 0.15) is 34.6 Å². The second-order valence-electron chi connectivity index (χ2n) is 8.89. The number of rotatable bonds is 4. The second kappa shape index (κ2) is 9.45. The van der Waals surface area contributed by atoms with Gasteiger partial charge in [-0.15, -0.1) is 11.3 Å². The smallest absolute Gasteiger partial charge is 0.184 e. The molecule has 2 aliphatic heterocycles. The lowest BCUT2D eigenvalue weighted by Crippen LogP contribution is -2.58. The molecule has 6 atom stereocenters. The number of azide groups is 1. The first-order valence-electron chi connectivity index (χ1n) is 11.6. The first-order valence-corrected chi connectivity index (χ1v) is 12.4. The molecular weight excluding hydrogens is 501 g/mol. The quantitative estimate of drug-likeness (QED) is 0.240. The Hall–Kier alpha value is -3.45. The van der Waals surface area contributed by atoms with E-state index in [-0.39, 0.29) is 17.9 Å². The maximum atomic E-state index is 14.9. The molecule has 2 aliphatic rings. The van der Waals surface area contributed by atoms with Gasteiger partial charge in [-0.3, -0.25) is 0 Å². The van der Waals surface area contributed by atoms with E-state index in [1.54, 1.807) is 13.0 Å². The number of nitrogens with zero attached hydrogens (tertiary/aromatic N) is 7. The summed E-state index contributed by atoms with van der Waals surface area (Å²) in [4.78, 5) is 11.7. The number of halogens is 1. The lowest BCUT2D eigenvalue weighted by molar-refractivity contribution is -0.309. The molecule has 1 N–H and O–H groups in total. The van der Waals surface area contributed by atoms with Gasteiger partial charge in [0.25, 0.3) is 0 Å². The van der Waals surface area contributed by atoms with Gasteiger partial charge in [-0.1, -0.05) is 35.4 Å². The number of fused-ring (bicyclic) bond motifs is 2. The highest BCUT2D eigenvalue weighted by Gasteiger charge is 2.51. The third kappa shape index (κ3) is 4.25. The van der Waals surface area contributed by atoms with E-state index in [9.17, 15) is 15.0 Å². The zero-order valence-electron chi connectivity index (χ0n) is 19.8. The van der Waals surface area contributed by atoms with Gasteiger partial charge in [0.05, 0.1) is 34.1 Å². The van der Waals surface area contributed by atoms with Gasteiger partial charge in [-0.2, -0.15) is 5.10 Å². The summed E-state index contributed by atoms with van der Waals surface area (Å²) < 4.78 is 35.2. The van der Waals surface area contributed by atoms with Gasteiger partial charge in [0, 0.05) is 16.5 Å². The maximum Gasteiger partial charge on any atom is 0.184 e. The van der Waals surface area contributed by atoms with Crippen molar-refractivity contribution in [3.8, 4) is 5.69 Å². The third-order valence-electron chi connectivity index (χ3n) is 6.41. The number of hydrogen-bond acceptors (Lipinski definition) is 9. The molecule has 2 aromatic carbocycles. The Balaban J connectivity index is 1.36. The van der Waals surface area contributed by atoms with Crippen LogP contribution in [0, 0.1) is 19.7 Å². The summed E-state index contributed by atoms with van der Waals surface area (Å²) in [5.41, 5.74) is 10.8.